The normalized spacial score (nSPS) is 13.1. The lowest BCUT2D eigenvalue weighted by atomic mass is 10.1. The maximum atomic E-state index is 2.47. The number of quaternary nitrogens is 4. The Morgan fingerprint density at radius 2 is 0.312 bits per heavy atom. The molecule has 0 aliphatic rings. The molecule has 0 saturated carbocycles. The minimum absolute atomic E-state index is 1.20. The van der Waals surface area contributed by atoms with Gasteiger partial charge < -0.3 is 17.9 Å². The highest BCUT2D eigenvalue weighted by Crippen LogP contribution is 2.15. The summed E-state index contributed by atoms with van der Waals surface area (Å²) in [5, 5.41) is 0. The van der Waals surface area contributed by atoms with Gasteiger partial charge in [0.1, 0.15) is 0 Å². The lowest BCUT2D eigenvalue weighted by molar-refractivity contribution is -0.900. The molecule has 0 aliphatic heterocycles. The van der Waals surface area contributed by atoms with Crippen LogP contribution in [0.4, 0.5) is 0 Å². The molecule has 4 heteroatoms. The van der Waals surface area contributed by atoms with Crippen molar-refractivity contribution >= 4 is 0 Å². The van der Waals surface area contributed by atoms with Gasteiger partial charge >= 0.3 is 0 Å². The van der Waals surface area contributed by atoms with Gasteiger partial charge in [-0.05, 0) is 25.7 Å². The molecule has 48 heavy (non-hydrogen) atoms. The molecule has 0 unspecified atom stereocenters. The predicted molar refractivity (Wildman–Crippen MR) is 219 cm³/mol. The standard InChI is InChI=1S/C44H98N4/c1-11-13-15-17-19-21-23-25-27-29-37-45(3,4)39-31-33-41-47(7,8)43-35-36-44-48(9,10)42-34-32-40-46(5,6)38-30-28-26-24-22-20-18-16-14-12-2/h11-44H2,1-10H3/q+4. The molecule has 0 aromatic heterocycles. The molecule has 0 radical (unpaired) electrons. The smallest absolute Gasteiger partial charge is 0.0784 e. The van der Waals surface area contributed by atoms with Crippen LogP contribution in [0.2, 0.25) is 0 Å². The van der Waals surface area contributed by atoms with Crippen LogP contribution in [0.5, 0.6) is 0 Å². The first kappa shape index (κ1) is 47.8. The second-order valence-electron chi connectivity index (χ2n) is 19.0. The first-order valence-electron chi connectivity index (χ1n) is 22.0. The largest absolute Gasteiger partial charge is 0.328 e. The van der Waals surface area contributed by atoms with E-state index in [1.807, 2.05) is 0 Å². The summed E-state index contributed by atoms with van der Waals surface area (Å²) >= 11 is 0. The summed E-state index contributed by atoms with van der Waals surface area (Å²) in [5.41, 5.74) is 0. The molecular formula is C44H98N4+4. The Hall–Kier alpha value is -0.160. The highest BCUT2D eigenvalue weighted by atomic mass is 15.3. The van der Waals surface area contributed by atoms with Crippen LogP contribution in [0.3, 0.4) is 0 Å². The third-order valence-corrected chi connectivity index (χ3v) is 11.6. The van der Waals surface area contributed by atoms with Crippen molar-refractivity contribution in [2.75, 3.05) is 109 Å². The van der Waals surface area contributed by atoms with Gasteiger partial charge in [0.2, 0.25) is 0 Å². The predicted octanol–water partition coefficient (Wildman–Crippen LogP) is 11.5. The average molecular weight is 683 g/mol. The van der Waals surface area contributed by atoms with E-state index in [0.717, 1.165) is 0 Å². The molecule has 0 aromatic carbocycles. The molecule has 0 amide bonds. The topological polar surface area (TPSA) is 0 Å². The fourth-order valence-corrected chi connectivity index (χ4v) is 7.74. The maximum Gasteiger partial charge on any atom is 0.0784 e. The molecule has 0 fully saturated rings. The summed E-state index contributed by atoms with van der Waals surface area (Å²) in [7, 11) is 19.7. The second-order valence-corrected chi connectivity index (χ2v) is 19.0. The van der Waals surface area contributed by atoms with Crippen molar-refractivity contribution in [1.29, 1.82) is 0 Å². The van der Waals surface area contributed by atoms with Gasteiger partial charge in [0, 0.05) is 38.5 Å². The summed E-state index contributed by atoms with van der Waals surface area (Å²) in [6, 6.07) is 0. The Morgan fingerprint density at radius 1 is 0.188 bits per heavy atom. The molecular weight excluding hydrogens is 585 g/mol. The summed E-state index contributed by atoms with van der Waals surface area (Å²) in [6.45, 7) is 15.4. The summed E-state index contributed by atoms with van der Waals surface area (Å²) in [5.74, 6) is 0. The van der Waals surface area contributed by atoms with Crippen LogP contribution in [-0.2, 0) is 0 Å². The summed E-state index contributed by atoms with van der Waals surface area (Å²) in [6.07, 6.45) is 37.0. The Bertz CT molecular complexity index is 625. The average Bonchev–Trinajstić information content (AvgIpc) is 3.02. The lowest BCUT2D eigenvalue weighted by Gasteiger charge is -2.34. The third kappa shape index (κ3) is 33.0. The van der Waals surface area contributed by atoms with Gasteiger partial charge in [-0.25, -0.2) is 0 Å². The summed E-state index contributed by atoms with van der Waals surface area (Å²) in [4.78, 5) is 0. The lowest BCUT2D eigenvalue weighted by Crippen LogP contribution is -2.45. The zero-order chi connectivity index (χ0) is 36.0. The van der Waals surface area contributed by atoms with Crippen molar-refractivity contribution in [2.24, 2.45) is 0 Å². The van der Waals surface area contributed by atoms with E-state index in [1.54, 1.807) is 0 Å². The Kier molecular flexibility index (Phi) is 29.3. The van der Waals surface area contributed by atoms with Crippen molar-refractivity contribution in [2.45, 2.75) is 181 Å². The van der Waals surface area contributed by atoms with Crippen LogP contribution in [-0.4, -0.2) is 127 Å². The molecule has 290 valence electrons. The minimum atomic E-state index is 1.20. The van der Waals surface area contributed by atoms with E-state index < -0.39 is 0 Å². The highest BCUT2D eigenvalue weighted by Gasteiger charge is 2.20. The van der Waals surface area contributed by atoms with Crippen molar-refractivity contribution in [1.82, 2.24) is 0 Å². The number of hydrogen-bond acceptors (Lipinski definition) is 0. The van der Waals surface area contributed by atoms with E-state index in [-0.39, 0.29) is 0 Å². The quantitative estimate of drug-likeness (QED) is 0.0452. The van der Waals surface area contributed by atoms with E-state index in [1.165, 1.54) is 237 Å². The number of hydrogen-bond donors (Lipinski definition) is 0. The Morgan fingerprint density at radius 3 is 0.479 bits per heavy atom. The van der Waals surface area contributed by atoms with Gasteiger partial charge in [0.15, 0.2) is 0 Å². The van der Waals surface area contributed by atoms with Gasteiger partial charge in [-0.2, -0.15) is 0 Å². The Balaban J connectivity index is 3.87. The maximum absolute atomic E-state index is 2.47. The molecule has 0 aromatic rings. The van der Waals surface area contributed by atoms with Crippen molar-refractivity contribution in [3.8, 4) is 0 Å². The zero-order valence-corrected chi connectivity index (χ0v) is 35.8. The van der Waals surface area contributed by atoms with Crippen molar-refractivity contribution in [3.05, 3.63) is 0 Å². The molecule has 0 saturated heterocycles. The molecule has 0 rings (SSSR count). The van der Waals surface area contributed by atoms with E-state index in [9.17, 15) is 0 Å². The van der Waals surface area contributed by atoms with E-state index in [2.05, 4.69) is 70.2 Å². The molecule has 0 atom stereocenters. The van der Waals surface area contributed by atoms with Gasteiger partial charge in [-0.3, -0.25) is 0 Å². The third-order valence-electron chi connectivity index (χ3n) is 11.6. The first-order valence-corrected chi connectivity index (χ1v) is 22.0. The van der Waals surface area contributed by atoms with Crippen LogP contribution in [0.1, 0.15) is 181 Å². The molecule has 4 nitrogen and oxygen atoms in total. The van der Waals surface area contributed by atoms with Crippen LogP contribution in [0.25, 0.3) is 0 Å². The van der Waals surface area contributed by atoms with Gasteiger partial charge in [-0.1, -0.05) is 117 Å². The zero-order valence-electron chi connectivity index (χ0n) is 35.8. The van der Waals surface area contributed by atoms with Crippen molar-refractivity contribution < 1.29 is 17.9 Å². The first-order chi connectivity index (χ1) is 22.7. The number of rotatable bonds is 37. The summed E-state index contributed by atoms with van der Waals surface area (Å²) < 4.78 is 4.83. The van der Waals surface area contributed by atoms with E-state index in [0.29, 0.717) is 0 Å². The molecule has 0 heterocycles. The second kappa shape index (κ2) is 29.4. The monoisotopic (exact) mass is 683 g/mol. The van der Waals surface area contributed by atoms with Gasteiger partial charge in [-0.15, -0.1) is 0 Å². The highest BCUT2D eigenvalue weighted by molar-refractivity contribution is 4.51. The van der Waals surface area contributed by atoms with Gasteiger partial charge in [0.05, 0.1) is 109 Å². The van der Waals surface area contributed by atoms with E-state index in [4.69, 9.17) is 0 Å². The fourth-order valence-electron chi connectivity index (χ4n) is 7.74. The van der Waals surface area contributed by atoms with Gasteiger partial charge in [0.25, 0.3) is 0 Å². The Labute approximate surface area is 306 Å². The molecule has 0 aliphatic carbocycles. The molecule has 0 N–H and O–H groups in total. The fraction of sp³-hybridized carbons (Fsp3) is 1.00. The number of nitrogens with zero attached hydrogens (tertiary/aromatic N) is 4. The minimum Gasteiger partial charge on any atom is -0.328 e. The van der Waals surface area contributed by atoms with Crippen molar-refractivity contribution in [3.63, 3.8) is 0 Å². The van der Waals surface area contributed by atoms with E-state index >= 15 is 0 Å². The van der Waals surface area contributed by atoms with Crippen LogP contribution in [0.15, 0.2) is 0 Å². The van der Waals surface area contributed by atoms with Crippen LogP contribution >= 0.6 is 0 Å². The van der Waals surface area contributed by atoms with Crippen LogP contribution < -0.4 is 0 Å². The number of unbranched alkanes of at least 4 members (excludes halogenated alkanes) is 21. The molecule has 0 bridgehead atoms. The van der Waals surface area contributed by atoms with Crippen LogP contribution in [0, 0.1) is 0 Å². The SMILES string of the molecule is CCCCCCCCCCCC[N+](C)(C)CCCC[N+](C)(C)CCCC[N+](C)(C)CCCC[N+](C)(C)CCCCCCCCCCCC. The molecule has 0 spiro atoms.